The lowest BCUT2D eigenvalue weighted by atomic mass is 10.0. The van der Waals surface area contributed by atoms with E-state index in [1.807, 2.05) is 6.26 Å². The second-order valence-corrected chi connectivity index (χ2v) is 6.11. The molecule has 2 atom stereocenters. The monoisotopic (exact) mass is 290 g/mol. The van der Waals surface area contributed by atoms with Gasteiger partial charge in [0.2, 0.25) is 0 Å². The Morgan fingerprint density at radius 3 is 2.16 bits per heavy atom. The predicted molar refractivity (Wildman–Crippen MR) is 79.6 cm³/mol. The van der Waals surface area contributed by atoms with E-state index in [1.54, 1.807) is 25.6 Å². The standard InChI is InChI=1S/C13H26N2O3S/c1-6-13(7-2,19-5)8-14-12(18)15-10(4)9(3)11(16)17/h9-10H,6-8H2,1-5H3,(H,16,17)(H2,14,15,18). The van der Waals surface area contributed by atoms with Crippen molar-refractivity contribution in [1.29, 1.82) is 0 Å². The van der Waals surface area contributed by atoms with Crippen LogP contribution in [0.3, 0.4) is 0 Å². The lowest BCUT2D eigenvalue weighted by Gasteiger charge is -2.30. The highest BCUT2D eigenvalue weighted by Crippen LogP contribution is 2.29. The number of urea groups is 1. The topological polar surface area (TPSA) is 78.4 Å². The third kappa shape index (κ3) is 5.72. The van der Waals surface area contributed by atoms with Crippen molar-refractivity contribution in [3.63, 3.8) is 0 Å². The Bertz CT molecular complexity index is 298. The number of hydrogen-bond acceptors (Lipinski definition) is 3. The normalized spacial score (nSPS) is 14.6. The fraction of sp³-hybridized carbons (Fsp3) is 0.846. The molecule has 2 amide bonds. The fourth-order valence-electron chi connectivity index (χ4n) is 1.70. The fourth-order valence-corrected chi connectivity index (χ4v) is 2.49. The Morgan fingerprint density at radius 2 is 1.79 bits per heavy atom. The van der Waals surface area contributed by atoms with Gasteiger partial charge < -0.3 is 15.7 Å². The van der Waals surface area contributed by atoms with Crippen molar-refractivity contribution < 1.29 is 14.7 Å². The van der Waals surface area contributed by atoms with E-state index in [0.717, 1.165) is 12.8 Å². The maximum absolute atomic E-state index is 11.8. The zero-order chi connectivity index (χ0) is 15.1. The number of rotatable bonds is 8. The van der Waals surface area contributed by atoms with Gasteiger partial charge in [-0.05, 0) is 32.9 Å². The van der Waals surface area contributed by atoms with Crippen LogP contribution in [0.4, 0.5) is 4.79 Å². The number of thioether (sulfide) groups is 1. The minimum absolute atomic E-state index is 0.0546. The van der Waals surface area contributed by atoms with Crippen LogP contribution >= 0.6 is 11.8 Å². The first-order valence-electron chi connectivity index (χ1n) is 6.64. The van der Waals surface area contributed by atoms with Gasteiger partial charge in [-0.3, -0.25) is 4.79 Å². The third-order valence-corrected chi connectivity index (χ3v) is 5.38. The van der Waals surface area contributed by atoms with E-state index in [2.05, 4.69) is 24.5 Å². The predicted octanol–water partition coefficient (Wildman–Crippen LogP) is 2.32. The lowest BCUT2D eigenvalue weighted by Crippen LogP contribution is -2.49. The highest BCUT2D eigenvalue weighted by molar-refractivity contribution is 8.00. The van der Waals surface area contributed by atoms with Crippen molar-refractivity contribution in [1.82, 2.24) is 10.6 Å². The minimum atomic E-state index is -0.909. The number of carbonyl (C=O) groups is 2. The van der Waals surface area contributed by atoms with Crippen LogP contribution in [0.1, 0.15) is 40.5 Å². The summed E-state index contributed by atoms with van der Waals surface area (Å²) in [6, 6.07) is -0.703. The van der Waals surface area contributed by atoms with E-state index in [-0.39, 0.29) is 10.8 Å². The van der Waals surface area contributed by atoms with Crippen LogP contribution in [0, 0.1) is 5.92 Å². The van der Waals surface area contributed by atoms with Gasteiger partial charge in [-0.1, -0.05) is 13.8 Å². The quantitative estimate of drug-likeness (QED) is 0.641. The Hall–Kier alpha value is -0.910. The molecule has 0 heterocycles. The van der Waals surface area contributed by atoms with Gasteiger partial charge in [-0.2, -0.15) is 11.8 Å². The summed E-state index contributed by atoms with van der Waals surface area (Å²) in [7, 11) is 0. The first kappa shape index (κ1) is 18.1. The molecule has 6 heteroatoms. The van der Waals surface area contributed by atoms with Gasteiger partial charge in [0.1, 0.15) is 0 Å². The van der Waals surface area contributed by atoms with Gasteiger partial charge in [0.15, 0.2) is 0 Å². The van der Waals surface area contributed by atoms with Gasteiger partial charge in [-0.25, -0.2) is 4.79 Å². The zero-order valence-corrected chi connectivity index (χ0v) is 13.3. The molecule has 0 radical (unpaired) electrons. The summed E-state index contributed by atoms with van der Waals surface area (Å²) in [5.41, 5.74) is 0. The van der Waals surface area contributed by atoms with Crippen LogP contribution < -0.4 is 10.6 Å². The van der Waals surface area contributed by atoms with E-state index in [1.165, 1.54) is 0 Å². The molecular weight excluding hydrogens is 264 g/mol. The lowest BCUT2D eigenvalue weighted by molar-refractivity contribution is -0.141. The van der Waals surface area contributed by atoms with Crippen LogP contribution in [0.2, 0.25) is 0 Å². The van der Waals surface area contributed by atoms with Crippen molar-refractivity contribution in [3.05, 3.63) is 0 Å². The molecule has 0 aliphatic heterocycles. The molecular formula is C13H26N2O3S. The largest absolute Gasteiger partial charge is 0.481 e. The van der Waals surface area contributed by atoms with E-state index in [4.69, 9.17) is 5.11 Å². The van der Waals surface area contributed by atoms with Crippen LogP contribution in [0.25, 0.3) is 0 Å². The molecule has 0 aromatic carbocycles. The number of carboxylic acid groups (broad SMARTS) is 1. The van der Waals surface area contributed by atoms with Crippen molar-refractivity contribution in [2.75, 3.05) is 12.8 Å². The number of nitrogens with one attached hydrogen (secondary N) is 2. The average molecular weight is 290 g/mol. The molecule has 0 aliphatic carbocycles. The first-order valence-corrected chi connectivity index (χ1v) is 7.86. The molecule has 0 fully saturated rings. The number of carboxylic acids is 1. The van der Waals surface area contributed by atoms with Gasteiger partial charge in [-0.15, -0.1) is 0 Å². The van der Waals surface area contributed by atoms with Gasteiger partial charge >= 0.3 is 12.0 Å². The molecule has 0 rings (SSSR count). The number of amides is 2. The summed E-state index contributed by atoms with van der Waals surface area (Å²) in [6.45, 7) is 8.07. The highest BCUT2D eigenvalue weighted by atomic mass is 32.2. The third-order valence-electron chi connectivity index (χ3n) is 3.79. The summed E-state index contributed by atoms with van der Waals surface area (Å²) in [5.74, 6) is -1.51. The van der Waals surface area contributed by atoms with Gasteiger partial charge in [0, 0.05) is 17.3 Å². The molecule has 0 spiro atoms. The summed E-state index contributed by atoms with van der Waals surface area (Å²) in [6.07, 6.45) is 4.00. The van der Waals surface area contributed by atoms with Crippen LogP contribution in [-0.2, 0) is 4.79 Å². The second-order valence-electron chi connectivity index (χ2n) is 4.84. The van der Waals surface area contributed by atoms with E-state index in [0.29, 0.717) is 6.54 Å². The molecule has 0 saturated heterocycles. The number of carbonyl (C=O) groups excluding carboxylic acids is 1. The maximum Gasteiger partial charge on any atom is 0.315 e. The van der Waals surface area contributed by atoms with Gasteiger partial charge in [0.05, 0.1) is 5.92 Å². The van der Waals surface area contributed by atoms with Crippen LogP contribution in [0.15, 0.2) is 0 Å². The molecule has 2 unspecified atom stereocenters. The summed E-state index contributed by atoms with van der Waals surface area (Å²) >= 11 is 1.75. The molecule has 0 aromatic heterocycles. The van der Waals surface area contributed by atoms with Crippen molar-refractivity contribution in [2.45, 2.75) is 51.3 Å². The highest BCUT2D eigenvalue weighted by Gasteiger charge is 2.26. The first-order chi connectivity index (χ1) is 8.81. The molecule has 19 heavy (non-hydrogen) atoms. The van der Waals surface area contributed by atoms with Crippen LogP contribution in [-0.4, -0.2) is 40.7 Å². The van der Waals surface area contributed by atoms with Crippen molar-refractivity contribution >= 4 is 23.8 Å². The zero-order valence-electron chi connectivity index (χ0n) is 12.4. The maximum atomic E-state index is 11.8. The summed E-state index contributed by atoms with van der Waals surface area (Å²) < 4.78 is 0.0546. The van der Waals surface area contributed by atoms with E-state index in [9.17, 15) is 9.59 Å². The van der Waals surface area contributed by atoms with E-state index < -0.39 is 17.9 Å². The van der Waals surface area contributed by atoms with Crippen molar-refractivity contribution in [3.8, 4) is 0 Å². The minimum Gasteiger partial charge on any atom is -0.481 e. The van der Waals surface area contributed by atoms with Crippen LogP contribution in [0.5, 0.6) is 0 Å². The molecule has 0 aromatic rings. The van der Waals surface area contributed by atoms with Gasteiger partial charge in [0.25, 0.3) is 0 Å². The SMILES string of the molecule is CCC(CC)(CNC(=O)NC(C)C(C)C(=O)O)SC. The average Bonchev–Trinajstić information content (AvgIpc) is 2.39. The summed E-state index contributed by atoms with van der Waals surface area (Å²) in [4.78, 5) is 22.6. The Labute approximate surface area is 119 Å². The van der Waals surface area contributed by atoms with Crippen molar-refractivity contribution in [2.24, 2.45) is 5.92 Å². The smallest absolute Gasteiger partial charge is 0.315 e. The molecule has 3 N–H and O–H groups in total. The Balaban J connectivity index is 4.29. The molecule has 0 saturated carbocycles. The van der Waals surface area contributed by atoms with E-state index >= 15 is 0 Å². The number of aliphatic carboxylic acids is 1. The molecule has 0 bridgehead atoms. The molecule has 0 aliphatic rings. The number of hydrogen-bond donors (Lipinski definition) is 3. The molecule has 112 valence electrons. The Morgan fingerprint density at radius 1 is 1.26 bits per heavy atom. The summed E-state index contributed by atoms with van der Waals surface area (Å²) in [5, 5.41) is 14.4. The Kier molecular flexibility index (Phi) is 7.90. The second kappa shape index (κ2) is 8.30. The molecule has 5 nitrogen and oxygen atoms in total.